The SMILES string of the molecule is OC1CCNCC1Cc1ccoc1. The number of hydrogen-bond acceptors (Lipinski definition) is 3. The Morgan fingerprint density at radius 3 is 3.23 bits per heavy atom. The minimum Gasteiger partial charge on any atom is -0.472 e. The average molecular weight is 181 g/mol. The summed E-state index contributed by atoms with van der Waals surface area (Å²) in [5, 5.41) is 13.0. The van der Waals surface area contributed by atoms with Crippen LogP contribution in [-0.4, -0.2) is 24.3 Å². The molecule has 0 radical (unpaired) electrons. The highest BCUT2D eigenvalue weighted by Gasteiger charge is 2.22. The molecule has 2 unspecified atom stereocenters. The van der Waals surface area contributed by atoms with E-state index in [-0.39, 0.29) is 6.10 Å². The molecule has 72 valence electrons. The third-order valence-corrected chi connectivity index (χ3v) is 2.65. The summed E-state index contributed by atoms with van der Waals surface area (Å²) in [4.78, 5) is 0. The first-order valence-corrected chi connectivity index (χ1v) is 4.76. The number of rotatable bonds is 2. The van der Waals surface area contributed by atoms with E-state index in [1.165, 1.54) is 5.56 Å². The van der Waals surface area contributed by atoms with Gasteiger partial charge < -0.3 is 14.8 Å². The summed E-state index contributed by atoms with van der Waals surface area (Å²) in [7, 11) is 0. The van der Waals surface area contributed by atoms with E-state index in [4.69, 9.17) is 4.42 Å². The lowest BCUT2D eigenvalue weighted by atomic mass is 9.91. The Hall–Kier alpha value is -0.800. The van der Waals surface area contributed by atoms with Crippen LogP contribution in [0.25, 0.3) is 0 Å². The van der Waals surface area contributed by atoms with E-state index in [0.717, 1.165) is 25.9 Å². The minimum absolute atomic E-state index is 0.156. The second-order valence-corrected chi connectivity index (χ2v) is 3.66. The van der Waals surface area contributed by atoms with Crippen molar-refractivity contribution in [3.8, 4) is 0 Å². The van der Waals surface area contributed by atoms with Crippen molar-refractivity contribution in [2.75, 3.05) is 13.1 Å². The summed E-state index contributed by atoms with van der Waals surface area (Å²) in [6.07, 6.45) is 5.04. The second-order valence-electron chi connectivity index (χ2n) is 3.66. The van der Waals surface area contributed by atoms with Crippen LogP contribution in [0, 0.1) is 5.92 Å². The third-order valence-electron chi connectivity index (χ3n) is 2.65. The number of aliphatic hydroxyl groups excluding tert-OH is 1. The third kappa shape index (κ3) is 2.11. The molecule has 1 aromatic rings. The zero-order valence-electron chi connectivity index (χ0n) is 7.57. The standard InChI is InChI=1S/C10H15NO2/c12-10-1-3-11-6-9(10)5-8-2-4-13-7-8/h2,4,7,9-12H,1,3,5-6H2. The largest absolute Gasteiger partial charge is 0.472 e. The molecular formula is C10H15NO2. The van der Waals surface area contributed by atoms with Gasteiger partial charge in [0.1, 0.15) is 0 Å². The molecule has 1 aliphatic heterocycles. The summed E-state index contributed by atoms with van der Waals surface area (Å²) >= 11 is 0. The minimum atomic E-state index is -0.156. The summed E-state index contributed by atoms with van der Waals surface area (Å²) in [5.41, 5.74) is 1.17. The quantitative estimate of drug-likeness (QED) is 0.709. The Kier molecular flexibility index (Phi) is 2.66. The fourth-order valence-electron chi connectivity index (χ4n) is 1.83. The van der Waals surface area contributed by atoms with Crippen LogP contribution in [-0.2, 0) is 6.42 Å². The van der Waals surface area contributed by atoms with Gasteiger partial charge in [0.2, 0.25) is 0 Å². The van der Waals surface area contributed by atoms with Gasteiger partial charge in [-0.1, -0.05) is 0 Å². The highest BCUT2D eigenvalue weighted by molar-refractivity contribution is 5.07. The molecule has 0 aliphatic carbocycles. The molecule has 1 saturated heterocycles. The molecule has 2 rings (SSSR count). The lowest BCUT2D eigenvalue weighted by Gasteiger charge is -2.27. The van der Waals surface area contributed by atoms with Gasteiger partial charge in [-0.3, -0.25) is 0 Å². The first-order chi connectivity index (χ1) is 6.36. The smallest absolute Gasteiger partial charge is 0.0934 e. The number of furan rings is 1. The van der Waals surface area contributed by atoms with E-state index in [1.807, 2.05) is 6.07 Å². The van der Waals surface area contributed by atoms with Gasteiger partial charge >= 0.3 is 0 Å². The molecule has 3 nitrogen and oxygen atoms in total. The zero-order chi connectivity index (χ0) is 9.10. The van der Waals surface area contributed by atoms with Crippen molar-refractivity contribution in [2.24, 2.45) is 5.92 Å². The van der Waals surface area contributed by atoms with Crippen LogP contribution in [0.1, 0.15) is 12.0 Å². The Bertz CT molecular complexity index is 245. The predicted octanol–water partition coefficient (Wildman–Crippen LogP) is 0.792. The highest BCUT2D eigenvalue weighted by Crippen LogP contribution is 2.17. The molecule has 0 amide bonds. The maximum atomic E-state index is 9.70. The number of nitrogens with one attached hydrogen (secondary N) is 1. The van der Waals surface area contributed by atoms with Crippen molar-refractivity contribution < 1.29 is 9.52 Å². The maximum Gasteiger partial charge on any atom is 0.0934 e. The van der Waals surface area contributed by atoms with Gasteiger partial charge in [0.15, 0.2) is 0 Å². The van der Waals surface area contributed by atoms with Crippen LogP contribution < -0.4 is 5.32 Å². The van der Waals surface area contributed by atoms with Crippen LogP contribution in [0.15, 0.2) is 23.0 Å². The summed E-state index contributed by atoms with van der Waals surface area (Å²) in [6, 6.07) is 1.96. The average Bonchev–Trinajstić information content (AvgIpc) is 2.61. The van der Waals surface area contributed by atoms with Crippen molar-refractivity contribution in [3.05, 3.63) is 24.2 Å². The predicted molar refractivity (Wildman–Crippen MR) is 49.4 cm³/mol. The molecule has 2 heterocycles. The molecule has 1 aromatic heterocycles. The second kappa shape index (κ2) is 3.94. The van der Waals surface area contributed by atoms with E-state index in [2.05, 4.69) is 5.32 Å². The lowest BCUT2D eigenvalue weighted by molar-refractivity contribution is 0.0791. The van der Waals surface area contributed by atoms with E-state index in [0.29, 0.717) is 5.92 Å². The zero-order valence-corrected chi connectivity index (χ0v) is 7.57. The number of hydrogen-bond donors (Lipinski definition) is 2. The van der Waals surface area contributed by atoms with Crippen LogP contribution >= 0.6 is 0 Å². The number of aliphatic hydroxyl groups is 1. The molecule has 13 heavy (non-hydrogen) atoms. The molecule has 0 bridgehead atoms. The molecule has 0 aromatic carbocycles. The van der Waals surface area contributed by atoms with Gasteiger partial charge in [-0.25, -0.2) is 0 Å². The van der Waals surface area contributed by atoms with Gasteiger partial charge in [-0.05, 0) is 31.0 Å². The molecule has 0 saturated carbocycles. The Labute approximate surface area is 77.8 Å². The summed E-state index contributed by atoms with van der Waals surface area (Å²) in [5.74, 6) is 0.339. The van der Waals surface area contributed by atoms with Crippen molar-refractivity contribution in [1.29, 1.82) is 0 Å². The summed E-state index contributed by atoms with van der Waals surface area (Å²) < 4.78 is 4.99. The molecule has 2 N–H and O–H groups in total. The topological polar surface area (TPSA) is 45.4 Å². The first kappa shape index (κ1) is 8.78. The molecular weight excluding hydrogens is 166 g/mol. The van der Waals surface area contributed by atoms with Crippen LogP contribution in [0.2, 0.25) is 0 Å². The van der Waals surface area contributed by atoms with E-state index in [1.54, 1.807) is 12.5 Å². The Morgan fingerprint density at radius 2 is 2.54 bits per heavy atom. The number of piperidine rings is 1. The molecule has 2 atom stereocenters. The van der Waals surface area contributed by atoms with Gasteiger partial charge in [0.05, 0.1) is 18.6 Å². The monoisotopic (exact) mass is 181 g/mol. The highest BCUT2D eigenvalue weighted by atomic mass is 16.3. The van der Waals surface area contributed by atoms with E-state index >= 15 is 0 Å². The van der Waals surface area contributed by atoms with Crippen LogP contribution in [0.3, 0.4) is 0 Å². The molecule has 3 heteroatoms. The lowest BCUT2D eigenvalue weighted by Crippen LogP contribution is -2.40. The van der Waals surface area contributed by atoms with E-state index < -0.39 is 0 Å². The molecule has 1 aliphatic rings. The van der Waals surface area contributed by atoms with Crippen molar-refractivity contribution >= 4 is 0 Å². The van der Waals surface area contributed by atoms with Crippen molar-refractivity contribution in [2.45, 2.75) is 18.9 Å². The molecule has 1 fully saturated rings. The Morgan fingerprint density at radius 1 is 1.62 bits per heavy atom. The van der Waals surface area contributed by atoms with E-state index in [9.17, 15) is 5.11 Å². The van der Waals surface area contributed by atoms with Gasteiger partial charge in [0, 0.05) is 12.5 Å². The van der Waals surface area contributed by atoms with Crippen LogP contribution in [0.5, 0.6) is 0 Å². The van der Waals surface area contributed by atoms with Crippen molar-refractivity contribution in [3.63, 3.8) is 0 Å². The van der Waals surface area contributed by atoms with Crippen LogP contribution in [0.4, 0.5) is 0 Å². The fraction of sp³-hybridized carbons (Fsp3) is 0.600. The summed E-state index contributed by atoms with van der Waals surface area (Å²) in [6.45, 7) is 1.84. The van der Waals surface area contributed by atoms with Gasteiger partial charge in [-0.2, -0.15) is 0 Å². The first-order valence-electron chi connectivity index (χ1n) is 4.76. The fourth-order valence-corrected chi connectivity index (χ4v) is 1.83. The van der Waals surface area contributed by atoms with Gasteiger partial charge in [0.25, 0.3) is 0 Å². The molecule has 0 spiro atoms. The van der Waals surface area contributed by atoms with Crippen molar-refractivity contribution in [1.82, 2.24) is 5.32 Å². The Balaban J connectivity index is 1.93. The maximum absolute atomic E-state index is 9.70. The normalized spacial score (nSPS) is 29.0. The van der Waals surface area contributed by atoms with Gasteiger partial charge in [-0.15, -0.1) is 0 Å².